The molecule has 5 atom stereocenters. The Bertz CT molecular complexity index is 2470. The normalized spacial score (nSPS) is 16.8. The van der Waals surface area contributed by atoms with Crippen molar-refractivity contribution < 1.29 is 70.5 Å². The van der Waals surface area contributed by atoms with E-state index in [2.05, 4.69) is 0 Å². The first-order valence-corrected chi connectivity index (χ1v) is 25.7. The molecule has 2 amide bonds. The van der Waals surface area contributed by atoms with Crippen molar-refractivity contribution in [2.45, 2.75) is 106 Å². The number of ketones is 2. The zero-order valence-electron chi connectivity index (χ0n) is 51.1. The summed E-state index contributed by atoms with van der Waals surface area (Å²) in [6, 6.07) is 18.4. The van der Waals surface area contributed by atoms with Crippen LogP contribution >= 0.6 is 0 Å². The van der Waals surface area contributed by atoms with Gasteiger partial charge in [-0.1, -0.05) is 110 Å². The summed E-state index contributed by atoms with van der Waals surface area (Å²) in [7, 11) is -2.16. The quantitative estimate of drug-likeness (QED) is 0.0356. The molecule has 1 fully saturated rings. The maximum absolute atomic E-state index is 13.7. The third-order valence-corrected chi connectivity index (χ3v) is 13.1. The predicted octanol–water partition coefficient (Wildman–Crippen LogP) is 12.0. The number of carboxylic acids is 1. The predicted molar refractivity (Wildman–Crippen MR) is 288 cm³/mol. The van der Waals surface area contributed by atoms with Gasteiger partial charge >= 0.3 is 12.1 Å². The average molecular weight is 1030 g/mol. The number of ether oxygens (including phenoxy) is 7. The SMILES string of the molecule is [2H]C([2H])([2H])Oc1ccc(C(=O)C(C/C=C/C[C@H](C(=O)N2C(=O)OC[C@@H]2Cc2ccccc2)C(C)C)C(C)C)cc1OCCCOC.[2H]C([2H])([2H])Oc1ccc(C(=O)C(C/C=C/C[C@H](C(=O)O)C(C)C)C(C)C)cc1OCCCOC. The highest BCUT2D eigenvalue weighted by Gasteiger charge is 2.41. The summed E-state index contributed by atoms with van der Waals surface area (Å²) in [4.78, 5) is 65.9. The largest absolute Gasteiger partial charge is 0.493 e. The molecule has 14 heteroatoms. The molecule has 3 aromatic carbocycles. The highest BCUT2D eigenvalue weighted by molar-refractivity contribution is 5.99. The van der Waals surface area contributed by atoms with E-state index < -0.39 is 38.0 Å². The van der Waals surface area contributed by atoms with E-state index in [1.807, 2.05) is 110 Å². The molecule has 74 heavy (non-hydrogen) atoms. The van der Waals surface area contributed by atoms with Gasteiger partial charge in [-0.15, -0.1) is 0 Å². The van der Waals surface area contributed by atoms with Gasteiger partial charge in [0.05, 0.1) is 47.5 Å². The molecule has 1 aliphatic heterocycles. The molecule has 0 bridgehead atoms. The van der Waals surface area contributed by atoms with Crippen LogP contribution in [0.2, 0.25) is 0 Å². The van der Waals surface area contributed by atoms with E-state index in [9.17, 15) is 29.1 Å². The molecule has 14 nitrogen and oxygen atoms in total. The van der Waals surface area contributed by atoms with Crippen LogP contribution in [0.15, 0.2) is 91.0 Å². The van der Waals surface area contributed by atoms with Crippen LogP contribution in [0.5, 0.6) is 23.0 Å². The van der Waals surface area contributed by atoms with Crippen LogP contribution in [0, 0.1) is 47.3 Å². The summed E-state index contributed by atoms with van der Waals surface area (Å²) in [5.74, 6) is -2.39. The van der Waals surface area contributed by atoms with Crippen molar-refractivity contribution in [3.8, 4) is 23.0 Å². The first-order chi connectivity index (χ1) is 37.7. The van der Waals surface area contributed by atoms with Crippen LogP contribution < -0.4 is 18.9 Å². The third kappa shape index (κ3) is 19.7. The fourth-order valence-electron chi connectivity index (χ4n) is 8.51. The monoisotopic (exact) mass is 1030 g/mol. The Balaban J connectivity index is 0.000000441. The molecular formula is C60H85NO13. The minimum Gasteiger partial charge on any atom is -0.493 e. The highest BCUT2D eigenvalue weighted by Crippen LogP contribution is 2.33. The van der Waals surface area contributed by atoms with Gasteiger partial charge in [0.2, 0.25) is 5.91 Å². The number of amides is 2. The number of carboxylic acid groups (broad SMARTS) is 1. The standard InChI is InChI=1S/C35H47NO7.C25H38O6/c1-24(2)29(33(37)27-17-18-31(41-6)32(22-27)42-20-12-19-40-5)15-10-11-16-30(25(3)4)34(38)36-28(23-43-35(36)39)21-26-13-8-7-9-14-26;1-17(2)20(10-7-8-11-21(18(3)4)25(27)28)24(26)19-12-13-22(30-6)23(16-19)31-15-9-14-29-5/h7-11,13-14,17-18,22,24-25,28-30H,12,15-16,19-21,23H2,1-6H3;7-8,12-13,16-18,20-21H,9-11,14-15H2,1-6H3,(H,27,28)/b11-10+;8-7+/t28-,29?,30-;20?,21-/m00/s1/i2*6D3. The maximum atomic E-state index is 13.7. The Morgan fingerprint density at radius 2 is 1.05 bits per heavy atom. The summed E-state index contributed by atoms with van der Waals surface area (Å²) in [6.07, 6.45) is 10.4. The number of benzene rings is 3. The number of imide groups is 1. The lowest BCUT2D eigenvalue weighted by Crippen LogP contribution is -2.44. The van der Waals surface area contributed by atoms with E-state index in [0.29, 0.717) is 69.3 Å². The van der Waals surface area contributed by atoms with Crippen molar-refractivity contribution in [1.29, 1.82) is 0 Å². The lowest BCUT2D eigenvalue weighted by molar-refractivity contribution is -0.143. The molecule has 0 saturated carbocycles. The number of methoxy groups -OCH3 is 4. The molecule has 0 aromatic heterocycles. The minimum absolute atomic E-state index is 0.00201. The fraction of sp³-hybridized carbons (Fsp3) is 0.550. The summed E-state index contributed by atoms with van der Waals surface area (Å²) >= 11 is 0. The maximum Gasteiger partial charge on any atom is 0.416 e. The number of aliphatic carboxylic acids is 1. The van der Waals surface area contributed by atoms with Crippen molar-refractivity contribution in [3.05, 3.63) is 108 Å². The van der Waals surface area contributed by atoms with Crippen LogP contribution in [0.25, 0.3) is 0 Å². The van der Waals surface area contributed by atoms with Crippen LogP contribution in [0.3, 0.4) is 0 Å². The smallest absolute Gasteiger partial charge is 0.416 e. The van der Waals surface area contributed by atoms with Crippen LogP contribution in [0.4, 0.5) is 4.79 Å². The van der Waals surface area contributed by atoms with Gasteiger partial charge in [0.15, 0.2) is 34.6 Å². The number of Topliss-reactive ketones (excluding diaryl/α,β-unsaturated/α-hetero) is 2. The lowest BCUT2D eigenvalue weighted by Gasteiger charge is -2.26. The molecule has 0 radical (unpaired) electrons. The number of carbonyl (C=O) groups is 5. The van der Waals surface area contributed by atoms with Gasteiger partial charge in [-0.25, -0.2) is 9.69 Å². The van der Waals surface area contributed by atoms with Crippen molar-refractivity contribution in [2.75, 3.05) is 61.3 Å². The number of hydrogen-bond donors (Lipinski definition) is 1. The number of allylic oxidation sites excluding steroid dienone is 4. The molecule has 1 saturated heterocycles. The van der Waals surface area contributed by atoms with E-state index >= 15 is 0 Å². The van der Waals surface area contributed by atoms with Gasteiger partial charge in [-0.3, -0.25) is 19.2 Å². The summed E-state index contributed by atoms with van der Waals surface area (Å²) in [5, 5.41) is 9.34. The fourth-order valence-corrected chi connectivity index (χ4v) is 8.51. The molecule has 4 rings (SSSR count). The third-order valence-electron chi connectivity index (χ3n) is 13.1. The Morgan fingerprint density at radius 3 is 1.46 bits per heavy atom. The van der Waals surface area contributed by atoms with E-state index in [4.69, 9.17) is 41.4 Å². The second kappa shape index (κ2) is 33.0. The average Bonchev–Trinajstić information content (AvgIpc) is 3.74. The van der Waals surface area contributed by atoms with Crippen molar-refractivity contribution >= 4 is 29.5 Å². The van der Waals surface area contributed by atoms with Gasteiger partial charge in [0, 0.05) is 69.2 Å². The summed E-state index contributed by atoms with van der Waals surface area (Å²) in [5.41, 5.74) is 1.81. The number of cyclic esters (lactones) is 1. The molecule has 408 valence electrons. The van der Waals surface area contributed by atoms with E-state index in [0.717, 1.165) is 5.56 Å². The Labute approximate surface area is 449 Å². The number of rotatable bonds is 32. The van der Waals surface area contributed by atoms with Crippen molar-refractivity contribution in [2.24, 2.45) is 47.3 Å². The molecule has 1 heterocycles. The lowest BCUT2D eigenvalue weighted by atomic mass is 9.84. The molecule has 1 aliphatic rings. The van der Waals surface area contributed by atoms with Crippen LogP contribution in [0.1, 0.15) is 128 Å². The zero-order chi connectivity index (χ0) is 59.7. The minimum atomic E-state index is -2.67. The zero-order valence-corrected chi connectivity index (χ0v) is 45.1. The Morgan fingerprint density at radius 1 is 0.622 bits per heavy atom. The molecular weight excluding hydrogens is 943 g/mol. The van der Waals surface area contributed by atoms with Gasteiger partial charge in [-0.05, 0) is 97.7 Å². The van der Waals surface area contributed by atoms with E-state index in [1.54, 1.807) is 26.4 Å². The van der Waals surface area contributed by atoms with E-state index in [-0.39, 0.29) is 102 Å². The van der Waals surface area contributed by atoms with Gasteiger partial charge in [-0.2, -0.15) is 0 Å². The molecule has 3 aromatic rings. The van der Waals surface area contributed by atoms with Crippen molar-refractivity contribution in [1.82, 2.24) is 4.90 Å². The topological polar surface area (TPSA) is 173 Å². The first kappa shape index (κ1) is 52.9. The molecule has 1 N–H and O–H groups in total. The Hall–Kier alpha value is -5.99. The summed E-state index contributed by atoms with van der Waals surface area (Å²) < 4.78 is 81.5. The van der Waals surface area contributed by atoms with Crippen molar-refractivity contribution in [3.63, 3.8) is 0 Å². The number of hydrogen-bond acceptors (Lipinski definition) is 12. The van der Waals surface area contributed by atoms with Gasteiger partial charge < -0.3 is 38.3 Å². The first-order valence-electron chi connectivity index (χ1n) is 28.7. The molecule has 2 unspecified atom stereocenters. The highest BCUT2D eigenvalue weighted by atomic mass is 16.6. The second-order valence-electron chi connectivity index (χ2n) is 19.9. The van der Waals surface area contributed by atoms with Crippen LogP contribution in [-0.2, 0) is 30.2 Å². The second-order valence-corrected chi connectivity index (χ2v) is 19.9. The van der Waals surface area contributed by atoms with Gasteiger partial charge in [0.25, 0.3) is 0 Å². The van der Waals surface area contributed by atoms with Crippen LogP contribution in [-0.4, -0.2) is 107 Å². The number of carbonyl (C=O) groups excluding carboxylic acids is 4. The molecule has 0 aliphatic carbocycles. The molecule has 0 spiro atoms. The number of nitrogens with zero attached hydrogens (tertiary/aromatic N) is 1. The van der Waals surface area contributed by atoms with Gasteiger partial charge in [0.1, 0.15) is 6.61 Å². The van der Waals surface area contributed by atoms with E-state index in [1.165, 1.54) is 29.2 Å². The summed E-state index contributed by atoms with van der Waals surface area (Å²) in [6.45, 7) is 17.2. The Kier molecular flexibility index (Phi) is 23.6.